The lowest BCUT2D eigenvalue weighted by Crippen LogP contribution is -2.31. The lowest BCUT2D eigenvalue weighted by Gasteiger charge is -2.21. The number of ether oxygens (including phenoxy) is 1. The van der Waals surface area contributed by atoms with E-state index in [2.05, 4.69) is 16.3 Å². The van der Waals surface area contributed by atoms with E-state index in [0.717, 1.165) is 48.6 Å². The van der Waals surface area contributed by atoms with Gasteiger partial charge < -0.3 is 15.0 Å². The van der Waals surface area contributed by atoms with Crippen molar-refractivity contribution >= 4 is 22.9 Å². The second kappa shape index (κ2) is 7.04. The Morgan fingerprint density at radius 2 is 2.22 bits per heavy atom. The Labute approximate surface area is 141 Å². The number of hydrogen-bond donors (Lipinski definition) is 1. The van der Waals surface area contributed by atoms with Crippen LogP contribution in [0.1, 0.15) is 22.3 Å². The minimum absolute atomic E-state index is 0.0412. The Kier molecular flexibility index (Phi) is 4.86. The van der Waals surface area contributed by atoms with Crippen LogP contribution in [0.4, 0.5) is 5.69 Å². The average molecular weight is 330 g/mol. The Bertz CT molecular complexity index is 683. The largest absolute Gasteiger partial charge is 0.495 e. The predicted octanol–water partition coefficient (Wildman–Crippen LogP) is 3.32. The summed E-state index contributed by atoms with van der Waals surface area (Å²) in [5, 5.41) is 7.00. The van der Waals surface area contributed by atoms with Crippen molar-refractivity contribution in [2.45, 2.75) is 13.3 Å². The van der Waals surface area contributed by atoms with Crippen LogP contribution >= 0.6 is 11.3 Å². The maximum absolute atomic E-state index is 12.2. The number of nitrogens with zero attached hydrogens (tertiary/aromatic N) is 1. The molecule has 1 fully saturated rings. The summed E-state index contributed by atoms with van der Waals surface area (Å²) in [7, 11) is 1.70. The third kappa shape index (κ3) is 3.50. The van der Waals surface area contributed by atoms with Gasteiger partial charge in [0.15, 0.2) is 0 Å². The van der Waals surface area contributed by atoms with E-state index in [9.17, 15) is 4.79 Å². The third-order valence-electron chi connectivity index (χ3n) is 4.36. The second-order valence-electron chi connectivity index (χ2n) is 5.95. The molecule has 0 aliphatic carbocycles. The molecule has 4 nitrogen and oxygen atoms in total. The second-order valence-corrected chi connectivity index (χ2v) is 6.69. The number of hydrogen-bond acceptors (Lipinski definition) is 4. The van der Waals surface area contributed by atoms with Crippen LogP contribution in [0.5, 0.6) is 5.75 Å². The molecule has 5 heteroatoms. The number of aryl methyl sites for hydroxylation is 1. The molecule has 0 radical (unpaired) electrons. The summed E-state index contributed by atoms with van der Waals surface area (Å²) in [4.78, 5) is 14.5. The smallest absolute Gasteiger partial charge is 0.252 e. The number of anilines is 1. The van der Waals surface area contributed by atoms with Gasteiger partial charge in [-0.15, -0.1) is 0 Å². The van der Waals surface area contributed by atoms with Crippen molar-refractivity contribution in [2.24, 2.45) is 5.92 Å². The summed E-state index contributed by atoms with van der Waals surface area (Å²) in [6, 6.07) is 8.10. The molecule has 0 unspecified atom stereocenters. The molecule has 122 valence electrons. The van der Waals surface area contributed by atoms with Crippen molar-refractivity contribution in [2.75, 3.05) is 31.6 Å². The van der Waals surface area contributed by atoms with E-state index in [-0.39, 0.29) is 5.91 Å². The first-order valence-electron chi connectivity index (χ1n) is 7.88. The maximum atomic E-state index is 12.2. The average Bonchev–Trinajstić information content (AvgIpc) is 3.21. The van der Waals surface area contributed by atoms with Gasteiger partial charge in [-0.3, -0.25) is 4.79 Å². The number of nitrogens with one attached hydrogen (secondary N) is 1. The number of thiophene rings is 1. The zero-order chi connectivity index (χ0) is 16.2. The van der Waals surface area contributed by atoms with E-state index in [1.54, 1.807) is 18.4 Å². The lowest BCUT2D eigenvalue weighted by atomic mass is 10.1. The molecule has 1 aromatic carbocycles. The van der Waals surface area contributed by atoms with Gasteiger partial charge in [-0.25, -0.2) is 0 Å². The van der Waals surface area contributed by atoms with Gasteiger partial charge in [-0.1, -0.05) is 12.1 Å². The minimum Gasteiger partial charge on any atom is -0.495 e. The number of amides is 1. The van der Waals surface area contributed by atoms with E-state index in [4.69, 9.17) is 4.74 Å². The molecule has 0 saturated carbocycles. The number of carbonyl (C=O) groups is 1. The van der Waals surface area contributed by atoms with E-state index in [0.29, 0.717) is 5.92 Å². The third-order valence-corrected chi connectivity index (χ3v) is 5.22. The first-order chi connectivity index (χ1) is 11.2. The summed E-state index contributed by atoms with van der Waals surface area (Å²) >= 11 is 1.57. The van der Waals surface area contributed by atoms with Gasteiger partial charge in [-0.2, -0.15) is 11.3 Å². The molecule has 1 aliphatic rings. The molecule has 0 bridgehead atoms. The number of carbonyl (C=O) groups excluding carboxylic acids is 1. The molecule has 1 N–H and O–H groups in total. The minimum atomic E-state index is 0.0412. The zero-order valence-corrected chi connectivity index (χ0v) is 14.4. The molecule has 1 aromatic heterocycles. The van der Waals surface area contributed by atoms with Gasteiger partial charge in [-0.05, 0) is 42.3 Å². The fourth-order valence-corrected chi connectivity index (χ4v) is 3.86. The summed E-state index contributed by atoms with van der Waals surface area (Å²) in [5.41, 5.74) is 2.99. The number of para-hydroxylation sites is 2. The van der Waals surface area contributed by atoms with Crippen LogP contribution in [0.2, 0.25) is 0 Å². The Morgan fingerprint density at radius 3 is 2.96 bits per heavy atom. The van der Waals surface area contributed by atoms with Crippen LogP contribution in [-0.4, -0.2) is 32.7 Å². The molecule has 2 heterocycles. The van der Waals surface area contributed by atoms with Gasteiger partial charge in [0.05, 0.1) is 18.4 Å². The Hall–Kier alpha value is -2.01. The monoisotopic (exact) mass is 330 g/mol. The highest BCUT2D eigenvalue weighted by atomic mass is 32.1. The standard InChI is InChI=1S/C18H22N2O2S/c1-13-11-23-12-15(13)18(21)19-9-14-7-8-20(10-14)16-5-3-4-6-17(16)22-2/h3-6,11-12,14H,7-10H2,1-2H3,(H,19,21)/t14-/m1/s1. The Balaban J connectivity index is 1.56. The van der Waals surface area contributed by atoms with Crippen molar-refractivity contribution in [1.82, 2.24) is 5.32 Å². The van der Waals surface area contributed by atoms with Crippen LogP contribution < -0.4 is 15.0 Å². The molecule has 1 atom stereocenters. The fourth-order valence-electron chi connectivity index (χ4n) is 3.03. The molecule has 1 saturated heterocycles. The van der Waals surface area contributed by atoms with E-state index < -0.39 is 0 Å². The first-order valence-corrected chi connectivity index (χ1v) is 8.82. The summed E-state index contributed by atoms with van der Waals surface area (Å²) in [5.74, 6) is 1.42. The molecule has 23 heavy (non-hydrogen) atoms. The van der Waals surface area contributed by atoms with Crippen LogP contribution in [0, 0.1) is 12.8 Å². The van der Waals surface area contributed by atoms with Crippen molar-refractivity contribution in [3.8, 4) is 5.75 Å². The van der Waals surface area contributed by atoms with Gasteiger partial charge >= 0.3 is 0 Å². The molecular formula is C18H22N2O2S. The maximum Gasteiger partial charge on any atom is 0.252 e. The molecular weight excluding hydrogens is 308 g/mol. The number of rotatable bonds is 5. The van der Waals surface area contributed by atoms with Crippen LogP contribution in [-0.2, 0) is 0 Å². The molecule has 3 rings (SSSR count). The zero-order valence-electron chi connectivity index (χ0n) is 13.5. The highest BCUT2D eigenvalue weighted by Gasteiger charge is 2.25. The van der Waals surface area contributed by atoms with Crippen LogP contribution in [0.3, 0.4) is 0 Å². The van der Waals surface area contributed by atoms with Crippen LogP contribution in [0.15, 0.2) is 35.0 Å². The summed E-state index contributed by atoms with van der Waals surface area (Å²) in [6.07, 6.45) is 1.08. The van der Waals surface area contributed by atoms with Gasteiger partial charge in [0, 0.05) is 25.0 Å². The van der Waals surface area contributed by atoms with E-state index in [1.807, 2.05) is 35.9 Å². The summed E-state index contributed by atoms with van der Waals surface area (Å²) in [6.45, 7) is 4.64. The quantitative estimate of drug-likeness (QED) is 0.914. The fraction of sp³-hybridized carbons (Fsp3) is 0.389. The predicted molar refractivity (Wildman–Crippen MR) is 94.7 cm³/mol. The van der Waals surface area contributed by atoms with Gasteiger partial charge in [0.1, 0.15) is 5.75 Å². The number of methoxy groups -OCH3 is 1. The highest BCUT2D eigenvalue weighted by Crippen LogP contribution is 2.31. The molecule has 0 spiro atoms. The first kappa shape index (κ1) is 15.9. The van der Waals surface area contributed by atoms with Crippen molar-refractivity contribution in [1.29, 1.82) is 0 Å². The van der Waals surface area contributed by atoms with Crippen molar-refractivity contribution in [3.05, 3.63) is 46.2 Å². The highest BCUT2D eigenvalue weighted by molar-refractivity contribution is 7.08. The number of benzene rings is 1. The molecule has 1 amide bonds. The summed E-state index contributed by atoms with van der Waals surface area (Å²) < 4.78 is 5.44. The van der Waals surface area contributed by atoms with Crippen molar-refractivity contribution in [3.63, 3.8) is 0 Å². The Morgan fingerprint density at radius 1 is 1.39 bits per heavy atom. The van der Waals surface area contributed by atoms with Gasteiger partial charge in [0.25, 0.3) is 5.91 Å². The van der Waals surface area contributed by atoms with E-state index >= 15 is 0 Å². The van der Waals surface area contributed by atoms with Crippen molar-refractivity contribution < 1.29 is 9.53 Å². The normalized spacial score (nSPS) is 17.3. The topological polar surface area (TPSA) is 41.6 Å². The van der Waals surface area contributed by atoms with E-state index in [1.165, 1.54) is 0 Å². The van der Waals surface area contributed by atoms with Crippen LogP contribution in [0.25, 0.3) is 0 Å². The molecule has 1 aliphatic heterocycles. The molecule has 2 aromatic rings. The lowest BCUT2D eigenvalue weighted by molar-refractivity contribution is 0.0948. The van der Waals surface area contributed by atoms with Gasteiger partial charge in [0.2, 0.25) is 0 Å². The SMILES string of the molecule is COc1ccccc1N1CC[C@H](CNC(=O)c2cscc2C)C1.